The minimum absolute atomic E-state index is 0.822. The van der Waals surface area contributed by atoms with E-state index in [1.165, 1.54) is 106 Å². The summed E-state index contributed by atoms with van der Waals surface area (Å²) in [5.74, 6) is 4.98. The average Bonchev–Trinajstić information content (AvgIpc) is 3.30. The van der Waals surface area contributed by atoms with Crippen LogP contribution in [0.25, 0.3) is 0 Å². The Balaban J connectivity index is 1.31. The molecule has 0 spiro atoms. The van der Waals surface area contributed by atoms with Crippen molar-refractivity contribution in [2.45, 2.75) is 96.3 Å². The zero-order valence-electron chi connectivity index (χ0n) is 21.2. The molecule has 1 aliphatic carbocycles. The van der Waals surface area contributed by atoms with Crippen molar-refractivity contribution in [2.24, 2.45) is 16.8 Å². The first-order valence-electron chi connectivity index (χ1n) is 14.1. The van der Waals surface area contributed by atoms with Crippen LogP contribution in [-0.2, 0) is 19.3 Å². The minimum Gasteiger partial charge on any atom is -0.294 e. The van der Waals surface area contributed by atoms with Crippen molar-refractivity contribution in [3.05, 3.63) is 59.2 Å². The lowest BCUT2D eigenvalue weighted by Gasteiger charge is -2.32. The number of benzene rings is 2. The summed E-state index contributed by atoms with van der Waals surface area (Å²) in [6.45, 7) is 0. The van der Waals surface area contributed by atoms with Crippen LogP contribution in [0.3, 0.4) is 0 Å². The molecule has 2 N–H and O–H groups in total. The molecule has 2 aromatic carbocycles. The van der Waals surface area contributed by atoms with Gasteiger partial charge in [0.1, 0.15) is 0 Å². The fourth-order valence-electron chi connectivity index (χ4n) is 6.37. The summed E-state index contributed by atoms with van der Waals surface area (Å²) in [6, 6.07) is 18.6. The third-order valence-corrected chi connectivity index (χ3v) is 8.30. The highest BCUT2D eigenvalue weighted by Gasteiger charge is 2.27. The number of aryl methyl sites for hydroxylation is 1. The highest BCUT2D eigenvalue weighted by molar-refractivity contribution is 6.06. The van der Waals surface area contributed by atoms with Crippen LogP contribution in [0.2, 0.25) is 0 Å². The van der Waals surface area contributed by atoms with Gasteiger partial charge in [0.15, 0.2) is 0 Å². The Morgan fingerprint density at radius 1 is 0.743 bits per heavy atom. The topological polar surface area (TPSA) is 36.4 Å². The fraction of sp³-hybridized carbons (Fsp3) is 0.531. The van der Waals surface area contributed by atoms with Crippen molar-refractivity contribution in [1.29, 1.82) is 0 Å². The Hall–Kier alpha value is -2.73. The molecular formula is C32H41N3. The minimum atomic E-state index is 0.822. The van der Waals surface area contributed by atoms with Crippen molar-refractivity contribution in [2.75, 3.05) is 5.43 Å². The Bertz CT molecular complexity index is 1070. The highest BCUT2D eigenvalue weighted by Crippen LogP contribution is 2.39. The summed E-state index contributed by atoms with van der Waals surface area (Å²) in [6.07, 6.45) is 19.9. The number of nitrogens with one attached hydrogen (secondary N) is 2. The summed E-state index contributed by atoms with van der Waals surface area (Å²) >= 11 is 0. The van der Waals surface area contributed by atoms with Crippen molar-refractivity contribution < 1.29 is 0 Å². The maximum atomic E-state index is 4.99. The van der Waals surface area contributed by atoms with E-state index in [-0.39, 0.29) is 0 Å². The molecule has 0 saturated heterocycles. The van der Waals surface area contributed by atoms with E-state index in [9.17, 15) is 0 Å². The Morgan fingerprint density at radius 2 is 1.46 bits per heavy atom. The molecule has 2 aromatic rings. The monoisotopic (exact) mass is 467 g/mol. The first-order chi connectivity index (χ1) is 17.3. The first kappa shape index (κ1) is 24.0. The Kier molecular flexibility index (Phi) is 8.43. The molecule has 2 unspecified atom stereocenters. The fourth-order valence-corrected chi connectivity index (χ4v) is 6.37. The van der Waals surface area contributed by atoms with Gasteiger partial charge in [-0.2, -0.15) is 0 Å². The molecule has 35 heavy (non-hydrogen) atoms. The SMILES string of the molecule is C1#CC2=Nc3c(cccc3CC3CCCCC3CCCCCCCCCc3cccc(c3)NN1)C2. The van der Waals surface area contributed by atoms with Gasteiger partial charge in [0, 0.05) is 12.5 Å². The van der Waals surface area contributed by atoms with Crippen LogP contribution in [0.4, 0.5) is 11.4 Å². The van der Waals surface area contributed by atoms with Gasteiger partial charge in [0.25, 0.3) is 0 Å². The average molecular weight is 468 g/mol. The predicted octanol–water partition coefficient (Wildman–Crippen LogP) is 7.92. The normalized spacial score (nSPS) is 23.5. The zero-order chi connectivity index (χ0) is 23.7. The third-order valence-electron chi connectivity index (χ3n) is 8.30. The molecule has 2 heterocycles. The highest BCUT2D eigenvalue weighted by atomic mass is 15.3. The van der Waals surface area contributed by atoms with Gasteiger partial charge in [-0.1, -0.05) is 94.5 Å². The smallest absolute Gasteiger partial charge is 0.0970 e. The molecule has 5 rings (SSSR count). The van der Waals surface area contributed by atoms with Crippen LogP contribution < -0.4 is 10.9 Å². The number of rotatable bonds is 0. The largest absolute Gasteiger partial charge is 0.294 e. The van der Waals surface area contributed by atoms with E-state index in [1.54, 1.807) is 0 Å². The molecule has 0 aromatic heterocycles. The van der Waals surface area contributed by atoms with Gasteiger partial charge in [-0.25, -0.2) is 4.99 Å². The van der Waals surface area contributed by atoms with Gasteiger partial charge in [0.05, 0.1) is 17.1 Å². The lowest BCUT2D eigenvalue weighted by Crippen LogP contribution is -2.21. The number of fused-ring (bicyclic) bond motifs is 3. The van der Waals surface area contributed by atoms with E-state index in [0.717, 1.165) is 36.1 Å². The number of hydrogen-bond donors (Lipinski definition) is 2. The predicted molar refractivity (Wildman–Crippen MR) is 148 cm³/mol. The molecule has 3 aliphatic rings. The summed E-state index contributed by atoms with van der Waals surface area (Å²) in [5, 5.41) is 0. The lowest BCUT2D eigenvalue weighted by atomic mass is 9.73. The second-order valence-corrected chi connectivity index (χ2v) is 10.9. The standard InChI is InChI=1S/C32H41N3/c1-2-4-6-12-25-13-10-19-31(22-25)35-33-21-20-30-24-29-18-11-17-28(32(29)34-30)23-27-16-9-8-15-26(27)14-7-5-3-1/h10-11,13,17-19,22,26-27,33,35H,1-9,12,14-16,23-24H2. The van der Waals surface area contributed by atoms with Gasteiger partial charge in [-0.3, -0.25) is 10.9 Å². The number of hydrogen-bond acceptors (Lipinski definition) is 3. The van der Waals surface area contributed by atoms with Crippen LogP contribution in [0, 0.1) is 23.8 Å². The van der Waals surface area contributed by atoms with Crippen molar-refractivity contribution in [3.8, 4) is 12.0 Å². The van der Waals surface area contributed by atoms with E-state index >= 15 is 0 Å². The third kappa shape index (κ3) is 6.69. The maximum absolute atomic E-state index is 4.99. The molecule has 4 bridgehead atoms. The lowest BCUT2D eigenvalue weighted by molar-refractivity contribution is 0.217. The van der Waals surface area contributed by atoms with Crippen LogP contribution in [0.15, 0.2) is 47.5 Å². The number of hydrazine groups is 1. The molecule has 1 fully saturated rings. The van der Waals surface area contributed by atoms with Gasteiger partial charge >= 0.3 is 0 Å². The molecule has 2 atom stereocenters. The van der Waals surface area contributed by atoms with E-state index in [0.29, 0.717) is 0 Å². The Labute approximate surface area is 212 Å². The van der Waals surface area contributed by atoms with E-state index in [4.69, 9.17) is 4.99 Å². The van der Waals surface area contributed by atoms with E-state index in [2.05, 4.69) is 65.3 Å². The molecule has 3 nitrogen and oxygen atoms in total. The van der Waals surface area contributed by atoms with Crippen molar-refractivity contribution >= 4 is 17.1 Å². The second-order valence-electron chi connectivity index (χ2n) is 10.9. The van der Waals surface area contributed by atoms with Crippen LogP contribution in [-0.4, -0.2) is 5.71 Å². The maximum Gasteiger partial charge on any atom is 0.0970 e. The number of nitrogens with zero attached hydrogens (tertiary/aromatic N) is 1. The summed E-state index contributed by atoms with van der Waals surface area (Å²) in [4.78, 5) is 4.99. The van der Waals surface area contributed by atoms with Gasteiger partial charge in [-0.15, -0.1) is 0 Å². The van der Waals surface area contributed by atoms with Gasteiger partial charge < -0.3 is 0 Å². The first-order valence-corrected chi connectivity index (χ1v) is 14.1. The van der Waals surface area contributed by atoms with E-state index in [1.807, 2.05) is 0 Å². The van der Waals surface area contributed by atoms with Gasteiger partial charge in [0.2, 0.25) is 0 Å². The summed E-state index contributed by atoms with van der Waals surface area (Å²) in [7, 11) is 0. The van der Waals surface area contributed by atoms with Crippen LogP contribution in [0.1, 0.15) is 93.7 Å². The van der Waals surface area contributed by atoms with Crippen molar-refractivity contribution in [1.82, 2.24) is 5.43 Å². The molecule has 184 valence electrons. The molecule has 3 heteroatoms. The van der Waals surface area contributed by atoms with Crippen LogP contribution in [0.5, 0.6) is 0 Å². The molecular weight excluding hydrogens is 426 g/mol. The molecule has 1 saturated carbocycles. The van der Waals surface area contributed by atoms with Crippen molar-refractivity contribution in [3.63, 3.8) is 0 Å². The molecule has 2 aliphatic heterocycles. The number of para-hydroxylation sites is 1. The van der Waals surface area contributed by atoms with Crippen LogP contribution >= 0.6 is 0 Å². The van der Waals surface area contributed by atoms with Gasteiger partial charge in [-0.05, 0) is 72.3 Å². The molecule has 0 amide bonds. The summed E-state index contributed by atoms with van der Waals surface area (Å²) in [5.41, 5.74) is 13.7. The quantitative estimate of drug-likeness (QED) is 0.386. The zero-order valence-corrected chi connectivity index (χ0v) is 21.2. The Morgan fingerprint density at radius 3 is 2.34 bits per heavy atom. The number of aliphatic imine (C=N–C) groups is 1. The number of anilines is 1. The second kappa shape index (κ2) is 12.3. The summed E-state index contributed by atoms with van der Waals surface area (Å²) < 4.78 is 0. The molecule has 0 radical (unpaired) electrons. The van der Waals surface area contributed by atoms with E-state index < -0.39 is 0 Å².